The second kappa shape index (κ2) is 2.74. The summed E-state index contributed by atoms with van der Waals surface area (Å²) >= 11 is 0. The molecule has 1 rings (SSSR count). The van der Waals surface area contributed by atoms with Crippen LogP contribution in [0.5, 0.6) is 0 Å². The number of hydrogen-bond donors (Lipinski definition) is 0. The molecule has 0 saturated carbocycles. The van der Waals surface area contributed by atoms with E-state index in [4.69, 9.17) is 0 Å². The Balaban J connectivity index is 3.53. The minimum atomic E-state index is -5.38. The number of nitrogens with zero attached hydrogens (tertiary/aromatic N) is 1. The van der Waals surface area contributed by atoms with Crippen molar-refractivity contribution in [2.75, 3.05) is 0 Å². The standard InChI is InChI=1S/C5H2F3NO2S/c6-3-1-2-9-5(7)4(3)12(8,10)11/h1-2H. The third-order valence-electron chi connectivity index (χ3n) is 1.06. The maximum atomic E-state index is 12.4. The van der Waals surface area contributed by atoms with Crippen LogP contribution in [0.2, 0.25) is 0 Å². The van der Waals surface area contributed by atoms with Gasteiger partial charge in [-0.1, -0.05) is 0 Å². The van der Waals surface area contributed by atoms with E-state index in [1.165, 1.54) is 0 Å². The van der Waals surface area contributed by atoms with E-state index < -0.39 is 26.9 Å². The van der Waals surface area contributed by atoms with Crippen LogP contribution >= 0.6 is 0 Å². The summed E-state index contributed by atoms with van der Waals surface area (Å²) in [7, 11) is -5.38. The lowest BCUT2D eigenvalue weighted by Gasteiger charge is -1.96. The summed E-state index contributed by atoms with van der Waals surface area (Å²) in [6, 6.07) is 0.551. The Bertz CT molecular complexity index is 383. The monoisotopic (exact) mass is 197 g/mol. The van der Waals surface area contributed by atoms with Crippen LogP contribution < -0.4 is 0 Å². The quantitative estimate of drug-likeness (QED) is 0.498. The smallest absolute Gasteiger partial charge is 0.227 e. The van der Waals surface area contributed by atoms with E-state index >= 15 is 0 Å². The second-order valence-electron chi connectivity index (χ2n) is 1.85. The summed E-state index contributed by atoms with van der Waals surface area (Å²) in [4.78, 5) is 1.13. The minimum Gasteiger partial charge on any atom is -0.227 e. The van der Waals surface area contributed by atoms with Crippen LogP contribution in [0, 0.1) is 11.8 Å². The number of pyridine rings is 1. The predicted molar refractivity (Wildman–Crippen MR) is 32.4 cm³/mol. The van der Waals surface area contributed by atoms with Crippen molar-refractivity contribution in [3.05, 3.63) is 24.0 Å². The van der Waals surface area contributed by atoms with Crippen molar-refractivity contribution in [1.29, 1.82) is 0 Å². The molecule has 0 fully saturated rings. The van der Waals surface area contributed by atoms with Gasteiger partial charge in [-0.05, 0) is 6.07 Å². The van der Waals surface area contributed by atoms with Gasteiger partial charge in [0.05, 0.1) is 0 Å². The van der Waals surface area contributed by atoms with Crippen molar-refractivity contribution in [2.24, 2.45) is 0 Å². The maximum Gasteiger partial charge on any atom is 0.339 e. The fraction of sp³-hybridized carbons (Fsp3) is 0. The normalized spacial score (nSPS) is 11.6. The Kier molecular flexibility index (Phi) is 2.05. The molecule has 12 heavy (non-hydrogen) atoms. The van der Waals surface area contributed by atoms with E-state index in [9.17, 15) is 21.1 Å². The largest absolute Gasteiger partial charge is 0.339 e. The zero-order valence-electron chi connectivity index (χ0n) is 5.46. The molecule has 0 aliphatic rings. The van der Waals surface area contributed by atoms with E-state index in [-0.39, 0.29) is 0 Å². The molecular weight excluding hydrogens is 195 g/mol. The van der Waals surface area contributed by atoms with Crippen molar-refractivity contribution >= 4 is 10.2 Å². The van der Waals surface area contributed by atoms with Crippen molar-refractivity contribution in [1.82, 2.24) is 4.98 Å². The Hall–Kier alpha value is -1.11. The molecule has 0 amide bonds. The molecule has 0 aliphatic carbocycles. The SMILES string of the molecule is O=S(=O)(F)c1c(F)ccnc1F. The minimum absolute atomic E-state index is 0.551. The van der Waals surface area contributed by atoms with Gasteiger partial charge in [0.15, 0.2) is 10.7 Å². The van der Waals surface area contributed by atoms with E-state index in [1.54, 1.807) is 0 Å². The summed E-state index contributed by atoms with van der Waals surface area (Å²) in [6.45, 7) is 0. The van der Waals surface area contributed by atoms with E-state index in [0.29, 0.717) is 12.3 Å². The van der Waals surface area contributed by atoms with Gasteiger partial charge < -0.3 is 0 Å². The highest BCUT2D eigenvalue weighted by atomic mass is 32.3. The first kappa shape index (κ1) is 8.98. The fourth-order valence-electron chi connectivity index (χ4n) is 0.618. The first-order valence-corrected chi connectivity index (χ1v) is 4.06. The van der Waals surface area contributed by atoms with Gasteiger partial charge in [-0.3, -0.25) is 0 Å². The Morgan fingerprint density at radius 1 is 1.33 bits per heavy atom. The molecule has 7 heteroatoms. The predicted octanol–water partition coefficient (Wildman–Crippen LogP) is 1.02. The molecule has 0 saturated heterocycles. The second-order valence-corrected chi connectivity index (χ2v) is 3.13. The van der Waals surface area contributed by atoms with Crippen LogP contribution in [0.4, 0.5) is 12.7 Å². The summed E-state index contributed by atoms with van der Waals surface area (Å²) in [6.07, 6.45) is 0.694. The van der Waals surface area contributed by atoms with Crippen molar-refractivity contribution in [3.8, 4) is 0 Å². The van der Waals surface area contributed by atoms with Crippen molar-refractivity contribution < 1.29 is 21.1 Å². The van der Waals surface area contributed by atoms with Crippen LogP contribution in [0.25, 0.3) is 0 Å². The van der Waals surface area contributed by atoms with Crippen LogP contribution in [0.3, 0.4) is 0 Å². The third kappa shape index (κ3) is 1.55. The molecule has 0 N–H and O–H groups in total. The number of rotatable bonds is 1. The molecule has 66 valence electrons. The van der Waals surface area contributed by atoms with Gasteiger partial charge in [0.2, 0.25) is 5.95 Å². The van der Waals surface area contributed by atoms with E-state index in [0.717, 1.165) is 0 Å². The van der Waals surface area contributed by atoms with Crippen LogP contribution in [-0.4, -0.2) is 13.4 Å². The van der Waals surface area contributed by atoms with Gasteiger partial charge in [0, 0.05) is 6.20 Å². The highest BCUT2D eigenvalue weighted by molar-refractivity contribution is 7.86. The maximum absolute atomic E-state index is 12.4. The van der Waals surface area contributed by atoms with Gasteiger partial charge in [-0.25, -0.2) is 9.37 Å². The Labute approximate surface area is 66.1 Å². The zero-order chi connectivity index (χ0) is 9.35. The Morgan fingerprint density at radius 3 is 2.25 bits per heavy atom. The number of aromatic nitrogens is 1. The highest BCUT2D eigenvalue weighted by Gasteiger charge is 2.23. The molecule has 0 radical (unpaired) electrons. The lowest BCUT2D eigenvalue weighted by Crippen LogP contribution is -2.02. The summed E-state index contributed by atoms with van der Waals surface area (Å²) in [5.41, 5.74) is 0. The summed E-state index contributed by atoms with van der Waals surface area (Å²) in [5, 5.41) is 0. The van der Waals surface area contributed by atoms with Gasteiger partial charge in [0.1, 0.15) is 0 Å². The molecular formula is C5H2F3NO2S. The van der Waals surface area contributed by atoms with Crippen LogP contribution in [0.1, 0.15) is 0 Å². The third-order valence-corrected chi connectivity index (χ3v) is 1.91. The number of hydrogen-bond acceptors (Lipinski definition) is 3. The first-order chi connectivity index (χ1) is 5.43. The van der Waals surface area contributed by atoms with Gasteiger partial charge in [0.25, 0.3) is 0 Å². The average Bonchev–Trinajstić information content (AvgIpc) is 1.82. The van der Waals surface area contributed by atoms with Crippen molar-refractivity contribution in [2.45, 2.75) is 4.90 Å². The van der Waals surface area contributed by atoms with Gasteiger partial charge in [-0.2, -0.15) is 12.8 Å². The molecule has 0 atom stereocenters. The molecule has 0 bridgehead atoms. The fourth-order valence-corrected chi connectivity index (χ4v) is 1.17. The average molecular weight is 197 g/mol. The highest BCUT2D eigenvalue weighted by Crippen LogP contribution is 2.17. The molecule has 1 aromatic rings. The molecule has 0 aromatic carbocycles. The molecule has 0 aliphatic heterocycles. The zero-order valence-corrected chi connectivity index (χ0v) is 6.28. The molecule has 1 aromatic heterocycles. The molecule has 0 unspecified atom stereocenters. The van der Waals surface area contributed by atoms with Crippen molar-refractivity contribution in [3.63, 3.8) is 0 Å². The lowest BCUT2D eigenvalue weighted by molar-refractivity contribution is 0.480. The summed E-state index contributed by atoms with van der Waals surface area (Å²) in [5.74, 6) is -3.18. The number of halogens is 3. The van der Waals surface area contributed by atoms with Gasteiger partial charge >= 0.3 is 10.2 Å². The lowest BCUT2D eigenvalue weighted by atomic mass is 10.5. The van der Waals surface area contributed by atoms with Crippen LogP contribution in [0.15, 0.2) is 17.2 Å². The first-order valence-electron chi connectivity index (χ1n) is 2.67. The van der Waals surface area contributed by atoms with E-state index in [1.807, 2.05) is 0 Å². The molecule has 3 nitrogen and oxygen atoms in total. The topological polar surface area (TPSA) is 47.0 Å². The van der Waals surface area contributed by atoms with E-state index in [2.05, 4.69) is 4.98 Å². The molecule has 1 heterocycles. The van der Waals surface area contributed by atoms with Gasteiger partial charge in [-0.15, -0.1) is 3.89 Å². The molecule has 0 spiro atoms. The van der Waals surface area contributed by atoms with Crippen LogP contribution in [-0.2, 0) is 10.2 Å². The Morgan fingerprint density at radius 2 is 1.92 bits per heavy atom. The summed E-state index contributed by atoms with van der Waals surface area (Å²) < 4.78 is 57.1.